The molecular formula is C23H29BrN2O5. The summed E-state index contributed by atoms with van der Waals surface area (Å²) in [6, 6.07) is 12.0. The van der Waals surface area contributed by atoms with E-state index in [0.29, 0.717) is 23.8 Å². The minimum absolute atomic E-state index is 0.201. The molecule has 0 aliphatic carbocycles. The molecule has 2 rings (SSSR count). The summed E-state index contributed by atoms with van der Waals surface area (Å²) >= 11 is 3.45. The lowest BCUT2D eigenvalue weighted by atomic mass is 10.1. The molecule has 0 fully saturated rings. The van der Waals surface area contributed by atoms with Gasteiger partial charge < -0.3 is 24.4 Å². The van der Waals surface area contributed by atoms with Crippen LogP contribution in [0.25, 0.3) is 0 Å². The first-order chi connectivity index (χ1) is 14.9. The molecule has 0 heterocycles. The smallest absolute Gasteiger partial charge is 0.261 e. The highest BCUT2D eigenvalue weighted by Gasteiger charge is 2.26. The first-order valence-corrected chi connectivity index (χ1v) is 10.8. The molecule has 0 saturated heterocycles. The number of amides is 2. The van der Waals surface area contributed by atoms with Gasteiger partial charge in [0.25, 0.3) is 5.91 Å². The number of carbonyl (C=O) groups is 2. The number of hydrogen-bond donors (Lipinski definition) is 1. The molecule has 0 spiro atoms. The Kier molecular flexibility index (Phi) is 9.65. The molecule has 7 nitrogen and oxygen atoms in total. The number of rotatable bonds is 11. The van der Waals surface area contributed by atoms with Crippen LogP contribution >= 0.6 is 15.9 Å². The summed E-state index contributed by atoms with van der Waals surface area (Å²) in [6.45, 7) is 4.31. The van der Waals surface area contributed by atoms with Gasteiger partial charge in [-0.15, -0.1) is 0 Å². The van der Waals surface area contributed by atoms with Crippen LogP contribution < -0.4 is 19.5 Å². The van der Waals surface area contributed by atoms with Crippen LogP contribution in [0, 0.1) is 0 Å². The fourth-order valence-electron chi connectivity index (χ4n) is 2.90. The summed E-state index contributed by atoms with van der Waals surface area (Å²) in [4.78, 5) is 27.2. The molecule has 2 aromatic rings. The van der Waals surface area contributed by atoms with Crippen molar-refractivity contribution in [3.05, 3.63) is 52.5 Å². The van der Waals surface area contributed by atoms with E-state index in [0.717, 1.165) is 16.5 Å². The highest BCUT2D eigenvalue weighted by atomic mass is 79.9. The summed E-state index contributed by atoms with van der Waals surface area (Å²) in [5.41, 5.74) is 0.904. The third kappa shape index (κ3) is 7.47. The van der Waals surface area contributed by atoms with Crippen molar-refractivity contribution < 1.29 is 23.8 Å². The van der Waals surface area contributed by atoms with E-state index in [4.69, 9.17) is 14.2 Å². The molecule has 0 radical (unpaired) electrons. The van der Waals surface area contributed by atoms with Crippen LogP contribution in [0.5, 0.6) is 17.2 Å². The number of halogens is 1. The fourth-order valence-corrected chi connectivity index (χ4v) is 3.35. The van der Waals surface area contributed by atoms with Crippen LogP contribution in [-0.2, 0) is 16.1 Å². The number of methoxy groups -OCH3 is 2. The summed E-state index contributed by atoms with van der Waals surface area (Å²) in [7, 11) is 3.08. The van der Waals surface area contributed by atoms with Gasteiger partial charge in [-0.2, -0.15) is 0 Å². The van der Waals surface area contributed by atoms with E-state index >= 15 is 0 Å². The van der Waals surface area contributed by atoms with Crippen molar-refractivity contribution in [2.75, 3.05) is 27.4 Å². The third-order valence-corrected chi connectivity index (χ3v) is 5.14. The van der Waals surface area contributed by atoms with Gasteiger partial charge in [-0.3, -0.25) is 9.59 Å². The normalized spacial score (nSPS) is 11.4. The van der Waals surface area contributed by atoms with E-state index in [1.54, 1.807) is 39.3 Å². The van der Waals surface area contributed by atoms with Gasteiger partial charge in [-0.25, -0.2) is 0 Å². The van der Waals surface area contributed by atoms with Gasteiger partial charge in [-0.05, 0) is 31.0 Å². The van der Waals surface area contributed by atoms with Gasteiger partial charge in [0.2, 0.25) is 5.91 Å². The zero-order chi connectivity index (χ0) is 22.8. The fraction of sp³-hybridized carbons (Fsp3) is 0.391. The Hall–Kier alpha value is -2.74. The number of benzene rings is 2. The summed E-state index contributed by atoms with van der Waals surface area (Å²) in [5.74, 6) is 1.05. The molecular weight excluding hydrogens is 464 g/mol. The minimum atomic E-state index is -0.651. The van der Waals surface area contributed by atoms with Crippen LogP contribution in [0.2, 0.25) is 0 Å². The van der Waals surface area contributed by atoms with E-state index in [-0.39, 0.29) is 25.0 Å². The maximum absolute atomic E-state index is 13.1. The second-order valence-electron chi connectivity index (χ2n) is 6.96. The topological polar surface area (TPSA) is 77.1 Å². The Labute approximate surface area is 191 Å². The van der Waals surface area contributed by atoms with Gasteiger partial charge in [0.1, 0.15) is 23.3 Å². The standard InChI is InChI=1S/C23H29BrN2O5/c1-5-9-25-23(28)16(2)26(14-17-7-6-8-18(24)10-17)22(27)15-31-21-12-19(29-3)11-20(13-21)30-4/h6-8,10-13,16H,5,9,14-15H2,1-4H3,(H,25,28). The number of carbonyl (C=O) groups excluding carboxylic acids is 2. The molecule has 0 aliphatic heterocycles. The van der Waals surface area contributed by atoms with Crippen molar-refractivity contribution in [2.24, 2.45) is 0 Å². The molecule has 31 heavy (non-hydrogen) atoms. The van der Waals surface area contributed by atoms with Crippen molar-refractivity contribution in [3.8, 4) is 17.2 Å². The molecule has 168 valence electrons. The lowest BCUT2D eigenvalue weighted by Gasteiger charge is -2.28. The first-order valence-electron chi connectivity index (χ1n) is 10.1. The van der Waals surface area contributed by atoms with Crippen molar-refractivity contribution in [1.82, 2.24) is 10.2 Å². The van der Waals surface area contributed by atoms with Crippen molar-refractivity contribution in [2.45, 2.75) is 32.9 Å². The molecule has 1 unspecified atom stereocenters. The molecule has 8 heteroatoms. The molecule has 0 bridgehead atoms. The minimum Gasteiger partial charge on any atom is -0.496 e. The molecule has 0 aliphatic rings. The van der Waals surface area contributed by atoms with E-state index < -0.39 is 6.04 Å². The predicted molar refractivity (Wildman–Crippen MR) is 122 cm³/mol. The van der Waals surface area contributed by atoms with Crippen LogP contribution in [-0.4, -0.2) is 50.1 Å². The Morgan fingerprint density at radius 1 is 1.06 bits per heavy atom. The second-order valence-corrected chi connectivity index (χ2v) is 7.87. The summed E-state index contributed by atoms with van der Waals surface area (Å²) in [5, 5.41) is 2.85. The SMILES string of the molecule is CCCNC(=O)C(C)N(Cc1cccc(Br)c1)C(=O)COc1cc(OC)cc(OC)c1. The van der Waals surface area contributed by atoms with Gasteiger partial charge in [0.05, 0.1) is 14.2 Å². The Balaban J connectivity index is 2.17. The summed E-state index contributed by atoms with van der Waals surface area (Å²) < 4.78 is 17.1. The number of nitrogens with zero attached hydrogens (tertiary/aromatic N) is 1. The number of hydrogen-bond acceptors (Lipinski definition) is 5. The number of nitrogens with one attached hydrogen (secondary N) is 1. The quantitative estimate of drug-likeness (QED) is 0.516. The Bertz CT molecular complexity index is 868. The highest BCUT2D eigenvalue weighted by molar-refractivity contribution is 9.10. The average molecular weight is 493 g/mol. The monoisotopic (exact) mass is 492 g/mol. The predicted octanol–water partition coefficient (Wildman–Crippen LogP) is 3.79. The third-order valence-electron chi connectivity index (χ3n) is 4.65. The van der Waals surface area contributed by atoms with E-state index in [1.165, 1.54) is 4.90 Å². The molecule has 2 aromatic carbocycles. The van der Waals surface area contributed by atoms with Crippen LogP contribution in [0.4, 0.5) is 0 Å². The zero-order valence-electron chi connectivity index (χ0n) is 18.3. The van der Waals surface area contributed by atoms with E-state index in [1.807, 2.05) is 31.2 Å². The number of ether oxygens (including phenoxy) is 3. The van der Waals surface area contributed by atoms with Crippen molar-refractivity contribution in [1.29, 1.82) is 0 Å². The van der Waals surface area contributed by atoms with Gasteiger partial charge in [0.15, 0.2) is 6.61 Å². The van der Waals surface area contributed by atoms with Crippen LogP contribution in [0.15, 0.2) is 46.9 Å². The van der Waals surface area contributed by atoms with E-state index in [2.05, 4.69) is 21.2 Å². The molecule has 0 aromatic heterocycles. The zero-order valence-corrected chi connectivity index (χ0v) is 19.9. The molecule has 0 saturated carbocycles. The van der Waals surface area contributed by atoms with Crippen LogP contribution in [0.1, 0.15) is 25.8 Å². The first kappa shape index (κ1) is 24.5. The van der Waals surface area contributed by atoms with Gasteiger partial charge >= 0.3 is 0 Å². The van der Waals surface area contributed by atoms with E-state index in [9.17, 15) is 9.59 Å². The lowest BCUT2D eigenvalue weighted by Crippen LogP contribution is -2.49. The second kappa shape index (κ2) is 12.2. The lowest BCUT2D eigenvalue weighted by molar-refractivity contribution is -0.142. The largest absolute Gasteiger partial charge is 0.496 e. The molecule has 1 N–H and O–H groups in total. The molecule has 2 amide bonds. The Morgan fingerprint density at radius 2 is 1.71 bits per heavy atom. The molecule has 1 atom stereocenters. The highest BCUT2D eigenvalue weighted by Crippen LogP contribution is 2.27. The van der Waals surface area contributed by atoms with Crippen molar-refractivity contribution >= 4 is 27.7 Å². The van der Waals surface area contributed by atoms with Gasteiger partial charge in [-0.1, -0.05) is 35.0 Å². The van der Waals surface area contributed by atoms with Gasteiger partial charge in [0, 0.05) is 35.8 Å². The maximum Gasteiger partial charge on any atom is 0.261 e. The average Bonchev–Trinajstić information content (AvgIpc) is 2.78. The Morgan fingerprint density at radius 3 is 2.29 bits per heavy atom. The van der Waals surface area contributed by atoms with Crippen molar-refractivity contribution in [3.63, 3.8) is 0 Å². The summed E-state index contributed by atoms with van der Waals surface area (Å²) in [6.07, 6.45) is 0.818. The van der Waals surface area contributed by atoms with Crippen LogP contribution in [0.3, 0.4) is 0 Å². The maximum atomic E-state index is 13.1.